The average Bonchev–Trinajstić information content (AvgIpc) is 3.21. The fourth-order valence-corrected chi connectivity index (χ4v) is 5.50. The molecule has 2 heterocycles. The number of esters is 1. The number of nitriles is 1. The van der Waals surface area contributed by atoms with Crippen molar-refractivity contribution in [3.8, 4) is 17.6 Å². The molecule has 37 heavy (non-hydrogen) atoms. The van der Waals surface area contributed by atoms with Crippen molar-refractivity contribution in [3.63, 3.8) is 0 Å². The predicted molar refractivity (Wildman–Crippen MR) is 143 cm³/mol. The van der Waals surface area contributed by atoms with Gasteiger partial charge < -0.3 is 14.2 Å². The summed E-state index contributed by atoms with van der Waals surface area (Å²) < 4.78 is 18.1. The van der Waals surface area contributed by atoms with E-state index in [2.05, 4.69) is 4.99 Å². The van der Waals surface area contributed by atoms with Crippen molar-refractivity contribution in [3.05, 3.63) is 84.5 Å². The minimum absolute atomic E-state index is 0.103. The topological polar surface area (TPSA) is 103 Å². The van der Waals surface area contributed by atoms with Gasteiger partial charge in [0.15, 0.2) is 22.9 Å². The molecule has 0 unspecified atom stereocenters. The van der Waals surface area contributed by atoms with Crippen LogP contribution in [0.2, 0.25) is 0 Å². The standard InChI is InChI=1S/C27H25N3O5S2/c1-5-34-26(32)23-16(2)29-27-30(24(23)18-7-9-19(36-4)10-8-18)25(31)22(37-27)15-17-6-11-20(35-13-12-28)21(14-17)33-3/h6-11,14-15,24H,5,13H2,1-4H3/b22-15-/t24-/m0/s1. The van der Waals surface area contributed by atoms with E-state index in [1.165, 1.54) is 18.4 Å². The van der Waals surface area contributed by atoms with Crippen LogP contribution in [0, 0.1) is 11.3 Å². The molecule has 1 aliphatic heterocycles. The van der Waals surface area contributed by atoms with E-state index in [-0.39, 0.29) is 18.8 Å². The highest BCUT2D eigenvalue weighted by Gasteiger charge is 2.33. The molecule has 0 amide bonds. The monoisotopic (exact) mass is 535 g/mol. The molecule has 4 rings (SSSR count). The van der Waals surface area contributed by atoms with Gasteiger partial charge in [-0.1, -0.05) is 29.5 Å². The molecule has 0 saturated heterocycles. The van der Waals surface area contributed by atoms with E-state index in [1.54, 1.807) is 54.5 Å². The largest absolute Gasteiger partial charge is 0.493 e. The molecule has 0 saturated carbocycles. The second-order valence-electron chi connectivity index (χ2n) is 7.93. The van der Waals surface area contributed by atoms with Gasteiger partial charge in [0.25, 0.3) is 5.56 Å². The fourth-order valence-electron chi connectivity index (χ4n) is 4.05. The van der Waals surface area contributed by atoms with Crippen LogP contribution in [0.5, 0.6) is 11.5 Å². The van der Waals surface area contributed by atoms with Crippen LogP contribution in [0.1, 0.15) is 31.0 Å². The highest BCUT2D eigenvalue weighted by molar-refractivity contribution is 7.98. The van der Waals surface area contributed by atoms with Gasteiger partial charge in [-0.2, -0.15) is 5.26 Å². The van der Waals surface area contributed by atoms with E-state index in [1.807, 2.05) is 36.6 Å². The number of hydrogen-bond acceptors (Lipinski definition) is 9. The van der Waals surface area contributed by atoms with Crippen molar-refractivity contribution in [1.82, 2.24) is 4.57 Å². The molecule has 0 N–H and O–H groups in total. The molecule has 0 aliphatic carbocycles. The molecule has 1 aliphatic rings. The maximum absolute atomic E-state index is 13.7. The normalized spacial score (nSPS) is 15.0. The molecule has 190 valence electrons. The zero-order valence-electron chi connectivity index (χ0n) is 20.8. The molecule has 0 spiro atoms. The number of rotatable bonds is 8. The second-order valence-corrected chi connectivity index (χ2v) is 9.82. The quantitative estimate of drug-likeness (QED) is 0.322. The Kier molecular flexibility index (Phi) is 8.16. The Bertz CT molecular complexity index is 1580. The first-order valence-electron chi connectivity index (χ1n) is 11.4. The van der Waals surface area contributed by atoms with E-state index in [0.717, 1.165) is 10.5 Å². The molecule has 10 heteroatoms. The third kappa shape index (κ3) is 5.33. The number of benzene rings is 2. The summed E-state index contributed by atoms with van der Waals surface area (Å²) in [5.41, 5.74) is 2.11. The lowest BCUT2D eigenvalue weighted by Crippen LogP contribution is -2.39. The molecule has 2 aromatic carbocycles. The van der Waals surface area contributed by atoms with Crippen LogP contribution >= 0.6 is 23.1 Å². The van der Waals surface area contributed by atoms with Gasteiger partial charge in [-0.25, -0.2) is 9.79 Å². The number of hydrogen-bond donors (Lipinski definition) is 0. The maximum Gasteiger partial charge on any atom is 0.338 e. The highest BCUT2D eigenvalue weighted by Crippen LogP contribution is 2.32. The van der Waals surface area contributed by atoms with E-state index in [9.17, 15) is 9.59 Å². The Morgan fingerprint density at radius 3 is 2.65 bits per heavy atom. The first-order valence-corrected chi connectivity index (χ1v) is 13.5. The van der Waals surface area contributed by atoms with Gasteiger partial charge >= 0.3 is 5.97 Å². The Morgan fingerprint density at radius 1 is 1.24 bits per heavy atom. The smallest absolute Gasteiger partial charge is 0.338 e. The molecular weight excluding hydrogens is 510 g/mol. The SMILES string of the molecule is CCOC(=O)C1=C(C)N=c2s/c(=C\c3ccc(OCC#N)c(OC)c3)c(=O)n2[C@H]1c1ccc(SC)cc1. The van der Waals surface area contributed by atoms with Gasteiger partial charge in [0.2, 0.25) is 0 Å². The van der Waals surface area contributed by atoms with Crippen LogP contribution in [0.4, 0.5) is 0 Å². The van der Waals surface area contributed by atoms with Crippen LogP contribution in [-0.4, -0.2) is 37.1 Å². The molecule has 1 aromatic heterocycles. The van der Waals surface area contributed by atoms with Crippen LogP contribution in [0.15, 0.2) is 68.4 Å². The molecule has 3 aromatic rings. The number of methoxy groups -OCH3 is 1. The van der Waals surface area contributed by atoms with E-state index in [4.69, 9.17) is 19.5 Å². The van der Waals surface area contributed by atoms with Gasteiger partial charge in [-0.15, -0.1) is 11.8 Å². The molecule has 8 nitrogen and oxygen atoms in total. The van der Waals surface area contributed by atoms with Crippen molar-refractivity contribution in [1.29, 1.82) is 5.26 Å². The Hall–Kier alpha value is -3.81. The van der Waals surface area contributed by atoms with Crippen molar-refractivity contribution in [2.75, 3.05) is 26.6 Å². The summed E-state index contributed by atoms with van der Waals surface area (Å²) in [5.74, 6) is 0.393. The predicted octanol–water partition coefficient (Wildman–Crippen LogP) is 3.43. The van der Waals surface area contributed by atoms with Crippen molar-refractivity contribution >= 4 is 35.1 Å². The van der Waals surface area contributed by atoms with Crippen molar-refractivity contribution in [2.45, 2.75) is 24.8 Å². The second kappa shape index (κ2) is 11.5. The number of aromatic nitrogens is 1. The lowest BCUT2D eigenvalue weighted by atomic mass is 9.96. The van der Waals surface area contributed by atoms with Gasteiger partial charge in [0.1, 0.15) is 6.07 Å². The Morgan fingerprint density at radius 2 is 2.00 bits per heavy atom. The average molecular weight is 536 g/mol. The van der Waals surface area contributed by atoms with Gasteiger partial charge in [-0.3, -0.25) is 9.36 Å². The molecule has 0 bridgehead atoms. The van der Waals surface area contributed by atoms with Crippen molar-refractivity contribution in [2.24, 2.45) is 4.99 Å². The lowest BCUT2D eigenvalue weighted by molar-refractivity contribution is -0.139. The maximum atomic E-state index is 13.7. The summed E-state index contributed by atoms with van der Waals surface area (Å²) >= 11 is 2.86. The van der Waals surface area contributed by atoms with Gasteiger partial charge in [-0.05, 0) is 61.6 Å². The first kappa shape index (κ1) is 26.3. The number of carbonyl (C=O) groups excluding carboxylic acids is 1. The molecule has 1 atom stereocenters. The van der Waals surface area contributed by atoms with Crippen LogP contribution in [0.3, 0.4) is 0 Å². The molecule has 0 fully saturated rings. The minimum Gasteiger partial charge on any atom is -0.493 e. The summed E-state index contributed by atoms with van der Waals surface area (Å²) in [6.07, 6.45) is 3.74. The van der Waals surface area contributed by atoms with E-state index < -0.39 is 12.0 Å². The summed E-state index contributed by atoms with van der Waals surface area (Å²) in [6, 6.07) is 14.3. The third-order valence-electron chi connectivity index (χ3n) is 5.73. The lowest BCUT2D eigenvalue weighted by Gasteiger charge is -2.24. The third-order valence-corrected chi connectivity index (χ3v) is 7.45. The Labute approximate surface area is 222 Å². The Balaban J connectivity index is 1.87. The number of thioether (sulfide) groups is 1. The number of ether oxygens (including phenoxy) is 3. The zero-order chi connectivity index (χ0) is 26.5. The van der Waals surface area contributed by atoms with Crippen LogP contribution in [0.25, 0.3) is 6.08 Å². The number of fused-ring (bicyclic) bond motifs is 1. The minimum atomic E-state index is -0.662. The summed E-state index contributed by atoms with van der Waals surface area (Å²) in [5, 5.41) is 8.78. The molecule has 0 radical (unpaired) electrons. The van der Waals surface area contributed by atoms with Crippen molar-refractivity contribution < 1.29 is 19.0 Å². The summed E-state index contributed by atoms with van der Waals surface area (Å²) in [7, 11) is 1.51. The van der Waals surface area contributed by atoms with Crippen LogP contribution in [-0.2, 0) is 9.53 Å². The number of thiazole rings is 1. The molecular formula is C27H25N3O5S2. The van der Waals surface area contributed by atoms with E-state index in [0.29, 0.717) is 37.7 Å². The number of nitrogens with zero attached hydrogens (tertiary/aromatic N) is 3. The first-order chi connectivity index (χ1) is 17.9. The van der Waals surface area contributed by atoms with Gasteiger partial charge in [0, 0.05) is 4.90 Å². The fraction of sp³-hybridized carbons (Fsp3) is 0.259. The van der Waals surface area contributed by atoms with Crippen LogP contribution < -0.4 is 24.4 Å². The summed E-state index contributed by atoms with van der Waals surface area (Å²) in [6.45, 7) is 3.62. The highest BCUT2D eigenvalue weighted by atomic mass is 32.2. The number of allylic oxidation sites excluding steroid dienone is 1. The zero-order valence-corrected chi connectivity index (χ0v) is 22.4. The number of carbonyl (C=O) groups is 1. The van der Waals surface area contributed by atoms with Gasteiger partial charge in [0.05, 0.1) is 35.6 Å². The van der Waals surface area contributed by atoms with E-state index >= 15 is 0 Å². The summed E-state index contributed by atoms with van der Waals surface area (Å²) in [4.78, 5) is 32.9.